The zero-order chi connectivity index (χ0) is 20.8. The van der Waals surface area contributed by atoms with Crippen LogP contribution >= 0.6 is 22.7 Å². The third kappa shape index (κ3) is 3.96. The first-order valence-electron chi connectivity index (χ1n) is 9.31. The lowest BCUT2D eigenvalue weighted by atomic mass is 10.2. The Labute approximate surface area is 178 Å². The molecule has 0 N–H and O–H groups in total. The van der Waals surface area contributed by atoms with Gasteiger partial charge in [-0.05, 0) is 51.1 Å². The van der Waals surface area contributed by atoms with E-state index >= 15 is 0 Å². The highest BCUT2D eigenvalue weighted by atomic mass is 32.2. The number of thiophene rings is 1. The van der Waals surface area contributed by atoms with Crippen LogP contribution in [0, 0.1) is 26.6 Å². The van der Waals surface area contributed by atoms with Gasteiger partial charge in [-0.25, -0.2) is 17.8 Å². The first-order chi connectivity index (χ1) is 13.8. The van der Waals surface area contributed by atoms with Gasteiger partial charge in [0, 0.05) is 41.6 Å². The third-order valence-corrected chi connectivity index (χ3v) is 9.61. The number of aryl methyl sites for hydroxylation is 3. The summed E-state index contributed by atoms with van der Waals surface area (Å²) in [5.41, 5.74) is 1.89. The number of piperazine rings is 1. The Morgan fingerprint density at radius 3 is 2.21 bits per heavy atom. The maximum absolute atomic E-state index is 13.3. The van der Waals surface area contributed by atoms with Crippen LogP contribution in [0.2, 0.25) is 0 Å². The second-order valence-electron chi connectivity index (χ2n) is 7.06. The number of hydrogen-bond acceptors (Lipinski definition) is 6. The largest absolute Gasteiger partial charge is 0.369 e. The van der Waals surface area contributed by atoms with Crippen LogP contribution in [0.1, 0.15) is 15.4 Å². The first kappa shape index (κ1) is 20.5. The Bertz CT molecular complexity index is 1110. The summed E-state index contributed by atoms with van der Waals surface area (Å²) in [4.78, 5) is 9.85. The molecule has 4 rings (SSSR count). The lowest BCUT2D eigenvalue weighted by Crippen LogP contribution is -2.48. The van der Waals surface area contributed by atoms with Crippen molar-refractivity contribution in [3.63, 3.8) is 0 Å². The molecule has 1 fully saturated rings. The molecule has 1 saturated heterocycles. The molecule has 1 aliphatic heterocycles. The van der Waals surface area contributed by atoms with E-state index in [-0.39, 0.29) is 5.82 Å². The van der Waals surface area contributed by atoms with Crippen molar-refractivity contribution in [1.82, 2.24) is 9.29 Å². The van der Waals surface area contributed by atoms with Crippen molar-refractivity contribution < 1.29 is 12.8 Å². The summed E-state index contributed by atoms with van der Waals surface area (Å²) >= 11 is 3.07. The lowest BCUT2D eigenvalue weighted by Gasteiger charge is -2.35. The molecule has 0 radical (unpaired) electrons. The van der Waals surface area contributed by atoms with Crippen LogP contribution in [0.5, 0.6) is 0 Å². The number of aromatic nitrogens is 1. The van der Waals surface area contributed by atoms with Crippen LogP contribution in [0.15, 0.2) is 35.2 Å². The fourth-order valence-corrected chi connectivity index (χ4v) is 7.32. The maximum atomic E-state index is 13.3. The van der Waals surface area contributed by atoms with Crippen LogP contribution in [-0.4, -0.2) is 43.9 Å². The van der Waals surface area contributed by atoms with Crippen molar-refractivity contribution >= 4 is 38.4 Å². The SMILES string of the molecule is Cc1nc(-c2cc(S(=O)(=O)N3CCN(c4ccc(F)cc4)CC3)c(C)s2)sc1C. The van der Waals surface area contributed by atoms with Gasteiger partial charge in [-0.3, -0.25) is 0 Å². The van der Waals surface area contributed by atoms with E-state index in [2.05, 4.69) is 9.88 Å². The standard InChI is InChI=1S/C20H22FN3O2S3/c1-13-14(2)28-20(22-13)18-12-19(15(3)27-18)29(25,26)24-10-8-23(9-11-24)17-6-4-16(21)5-7-17/h4-7,12H,8-11H2,1-3H3. The van der Waals surface area contributed by atoms with E-state index < -0.39 is 10.0 Å². The molecule has 0 aliphatic carbocycles. The molecule has 154 valence electrons. The van der Waals surface area contributed by atoms with Crippen molar-refractivity contribution in [1.29, 1.82) is 0 Å². The van der Waals surface area contributed by atoms with Gasteiger partial charge in [-0.15, -0.1) is 22.7 Å². The van der Waals surface area contributed by atoms with E-state index in [4.69, 9.17) is 0 Å². The number of sulfonamides is 1. The van der Waals surface area contributed by atoms with Crippen molar-refractivity contribution in [2.45, 2.75) is 25.7 Å². The molecular weight excluding hydrogens is 429 g/mol. The minimum atomic E-state index is -3.56. The Balaban J connectivity index is 1.53. The second kappa shape index (κ2) is 7.79. The van der Waals surface area contributed by atoms with E-state index in [9.17, 15) is 12.8 Å². The molecule has 2 aromatic heterocycles. The average molecular weight is 452 g/mol. The fraction of sp³-hybridized carbons (Fsp3) is 0.350. The molecule has 0 amide bonds. The van der Waals surface area contributed by atoms with Crippen molar-refractivity contribution in [2.75, 3.05) is 31.1 Å². The molecule has 0 spiro atoms. The number of hydrogen-bond donors (Lipinski definition) is 0. The molecule has 3 aromatic rings. The molecule has 0 saturated carbocycles. The molecule has 1 aliphatic rings. The van der Waals surface area contributed by atoms with Crippen LogP contribution in [-0.2, 0) is 10.0 Å². The zero-order valence-corrected chi connectivity index (χ0v) is 18.9. The molecular formula is C20H22FN3O2S3. The summed E-state index contributed by atoms with van der Waals surface area (Å²) < 4.78 is 41.2. The Morgan fingerprint density at radius 2 is 1.62 bits per heavy atom. The van der Waals surface area contributed by atoms with Gasteiger partial charge in [-0.1, -0.05) is 0 Å². The molecule has 5 nitrogen and oxygen atoms in total. The summed E-state index contributed by atoms with van der Waals surface area (Å²) in [5, 5.41) is 0.871. The van der Waals surface area contributed by atoms with Gasteiger partial charge in [0.05, 0.1) is 15.5 Å². The van der Waals surface area contributed by atoms with Gasteiger partial charge in [0.15, 0.2) is 0 Å². The normalized spacial score (nSPS) is 15.8. The van der Waals surface area contributed by atoms with E-state index in [1.807, 2.05) is 20.8 Å². The summed E-state index contributed by atoms with van der Waals surface area (Å²) in [6, 6.07) is 8.08. The van der Waals surface area contributed by atoms with Gasteiger partial charge in [0.2, 0.25) is 10.0 Å². The number of benzene rings is 1. The molecule has 1 aromatic carbocycles. The van der Waals surface area contributed by atoms with Gasteiger partial charge in [-0.2, -0.15) is 4.31 Å². The summed E-state index contributed by atoms with van der Waals surface area (Å²) in [7, 11) is -3.56. The van der Waals surface area contributed by atoms with Crippen LogP contribution in [0.3, 0.4) is 0 Å². The Morgan fingerprint density at radius 1 is 0.966 bits per heavy atom. The van der Waals surface area contributed by atoms with E-state index in [0.29, 0.717) is 31.1 Å². The molecule has 0 atom stereocenters. The van der Waals surface area contributed by atoms with Gasteiger partial charge in [0.1, 0.15) is 10.8 Å². The summed E-state index contributed by atoms with van der Waals surface area (Å²) in [6.45, 7) is 7.80. The number of anilines is 1. The topological polar surface area (TPSA) is 53.5 Å². The summed E-state index contributed by atoms with van der Waals surface area (Å²) in [6.07, 6.45) is 0. The molecule has 3 heterocycles. The van der Waals surface area contributed by atoms with Crippen molar-refractivity contribution in [3.8, 4) is 9.88 Å². The minimum absolute atomic E-state index is 0.274. The zero-order valence-electron chi connectivity index (χ0n) is 16.5. The molecule has 9 heteroatoms. The van der Waals surface area contributed by atoms with Crippen molar-refractivity contribution in [3.05, 3.63) is 51.6 Å². The Hall–Kier alpha value is -1.81. The van der Waals surface area contributed by atoms with E-state index in [1.165, 1.54) is 23.5 Å². The van der Waals surface area contributed by atoms with Crippen LogP contribution in [0.25, 0.3) is 9.88 Å². The van der Waals surface area contributed by atoms with E-state index in [0.717, 1.165) is 31.0 Å². The highest BCUT2D eigenvalue weighted by Gasteiger charge is 2.31. The monoisotopic (exact) mass is 451 g/mol. The number of thiazole rings is 1. The highest BCUT2D eigenvalue weighted by Crippen LogP contribution is 2.37. The minimum Gasteiger partial charge on any atom is -0.369 e. The molecule has 0 unspecified atom stereocenters. The summed E-state index contributed by atoms with van der Waals surface area (Å²) in [5.74, 6) is -0.274. The van der Waals surface area contributed by atoms with E-state index in [1.54, 1.807) is 33.8 Å². The van der Waals surface area contributed by atoms with Gasteiger partial charge >= 0.3 is 0 Å². The van der Waals surface area contributed by atoms with Crippen molar-refractivity contribution in [2.24, 2.45) is 0 Å². The molecule has 29 heavy (non-hydrogen) atoms. The predicted octanol–water partition coefficient (Wildman–Crippen LogP) is 4.45. The number of rotatable bonds is 4. The second-order valence-corrected chi connectivity index (χ2v) is 11.4. The number of halogens is 1. The first-order valence-corrected chi connectivity index (χ1v) is 12.4. The number of nitrogens with zero attached hydrogens (tertiary/aromatic N) is 3. The van der Waals surface area contributed by atoms with Crippen LogP contribution in [0.4, 0.5) is 10.1 Å². The van der Waals surface area contributed by atoms with Gasteiger partial charge in [0.25, 0.3) is 0 Å². The van der Waals surface area contributed by atoms with Crippen LogP contribution < -0.4 is 4.90 Å². The lowest BCUT2D eigenvalue weighted by molar-refractivity contribution is 0.385. The maximum Gasteiger partial charge on any atom is 0.244 e. The van der Waals surface area contributed by atoms with Gasteiger partial charge < -0.3 is 4.90 Å². The highest BCUT2D eigenvalue weighted by molar-refractivity contribution is 7.89. The Kier molecular flexibility index (Phi) is 5.50. The molecule has 0 bridgehead atoms. The smallest absolute Gasteiger partial charge is 0.244 e. The fourth-order valence-electron chi connectivity index (χ4n) is 3.38. The average Bonchev–Trinajstić information content (AvgIpc) is 3.25. The quantitative estimate of drug-likeness (QED) is 0.588. The third-order valence-electron chi connectivity index (χ3n) is 5.16. The predicted molar refractivity (Wildman–Crippen MR) is 117 cm³/mol.